The quantitative estimate of drug-likeness (QED) is 0.663. The standard InChI is InChI=1S/C19H25N5O/c20-19(22-17-10-12-25-18-8-4-3-7-16(17)18)21-13-14-9-11-24(23-14)15-5-1-2-6-15/h3-4,7-9,11,15,17H,1-2,5-6,10,12-13H2,(H3,20,21,22). The summed E-state index contributed by atoms with van der Waals surface area (Å²) in [5, 5.41) is 7.97. The van der Waals surface area contributed by atoms with Crippen molar-refractivity contribution in [2.45, 2.75) is 50.7 Å². The number of hydrogen-bond donors (Lipinski definition) is 2. The number of guanidine groups is 1. The van der Waals surface area contributed by atoms with Gasteiger partial charge in [0.25, 0.3) is 0 Å². The first-order chi connectivity index (χ1) is 12.3. The van der Waals surface area contributed by atoms with Crippen LogP contribution < -0.4 is 15.8 Å². The first kappa shape index (κ1) is 16.0. The van der Waals surface area contributed by atoms with E-state index in [1.54, 1.807) is 0 Å². The lowest BCUT2D eigenvalue weighted by atomic mass is 10.0. The Morgan fingerprint density at radius 1 is 1.24 bits per heavy atom. The van der Waals surface area contributed by atoms with Crippen molar-refractivity contribution in [3.63, 3.8) is 0 Å². The molecule has 0 radical (unpaired) electrons. The molecular formula is C19H25N5O. The van der Waals surface area contributed by atoms with E-state index in [-0.39, 0.29) is 6.04 Å². The summed E-state index contributed by atoms with van der Waals surface area (Å²) in [6.45, 7) is 1.19. The molecule has 1 aliphatic heterocycles. The minimum Gasteiger partial charge on any atom is -0.493 e. The number of nitrogens with two attached hydrogens (primary N) is 1. The van der Waals surface area contributed by atoms with E-state index in [0.29, 0.717) is 25.2 Å². The van der Waals surface area contributed by atoms with Crippen molar-refractivity contribution in [3.05, 3.63) is 47.8 Å². The van der Waals surface area contributed by atoms with Crippen LogP contribution in [0.3, 0.4) is 0 Å². The minimum absolute atomic E-state index is 0.143. The molecule has 2 aliphatic rings. The highest BCUT2D eigenvalue weighted by molar-refractivity contribution is 5.78. The van der Waals surface area contributed by atoms with Crippen molar-refractivity contribution >= 4 is 5.96 Å². The van der Waals surface area contributed by atoms with Gasteiger partial charge in [-0.25, -0.2) is 4.99 Å². The SMILES string of the molecule is NC(=NCc1ccn(C2CCCC2)n1)NC1CCOc2ccccc21. The van der Waals surface area contributed by atoms with Crippen molar-refractivity contribution in [1.29, 1.82) is 0 Å². The van der Waals surface area contributed by atoms with Crippen molar-refractivity contribution in [3.8, 4) is 5.75 Å². The number of nitrogens with one attached hydrogen (secondary N) is 1. The zero-order valence-corrected chi connectivity index (χ0v) is 14.4. The van der Waals surface area contributed by atoms with Gasteiger partial charge in [0, 0.05) is 18.2 Å². The monoisotopic (exact) mass is 339 g/mol. The molecule has 25 heavy (non-hydrogen) atoms. The van der Waals surface area contributed by atoms with Crippen LogP contribution in [0.1, 0.15) is 55.4 Å². The summed E-state index contributed by atoms with van der Waals surface area (Å²) in [5.41, 5.74) is 8.20. The average molecular weight is 339 g/mol. The molecule has 1 aliphatic carbocycles. The second-order valence-electron chi connectivity index (χ2n) is 6.80. The van der Waals surface area contributed by atoms with E-state index in [1.807, 2.05) is 24.3 Å². The number of aromatic nitrogens is 2. The van der Waals surface area contributed by atoms with Crippen LogP contribution in [-0.2, 0) is 6.54 Å². The number of ether oxygens (including phenoxy) is 1. The number of rotatable bonds is 4. The maximum atomic E-state index is 6.10. The summed E-state index contributed by atoms with van der Waals surface area (Å²) in [5.74, 6) is 1.38. The van der Waals surface area contributed by atoms with Crippen LogP contribution in [0.4, 0.5) is 0 Å². The molecule has 6 heteroatoms. The van der Waals surface area contributed by atoms with Crippen LogP contribution in [0.5, 0.6) is 5.75 Å². The Morgan fingerprint density at radius 2 is 2.08 bits per heavy atom. The molecule has 4 rings (SSSR count). The maximum absolute atomic E-state index is 6.10. The lowest BCUT2D eigenvalue weighted by Crippen LogP contribution is -2.37. The van der Waals surface area contributed by atoms with Crippen LogP contribution in [-0.4, -0.2) is 22.3 Å². The van der Waals surface area contributed by atoms with Gasteiger partial charge in [-0.15, -0.1) is 0 Å². The molecule has 0 amide bonds. The minimum atomic E-state index is 0.143. The van der Waals surface area contributed by atoms with Crippen LogP contribution in [0.25, 0.3) is 0 Å². The fraction of sp³-hybridized carbons (Fsp3) is 0.474. The lowest BCUT2D eigenvalue weighted by Gasteiger charge is -2.26. The van der Waals surface area contributed by atoms with Gasteiger partial charge in [0.1, 0.15) is 5.75 Å². The van der Waals surface area contributed by atoms with Gasteiger partial charge < -0.3 is 15.8 Å². The molecule has 0 bridgehead atoms. The predicted molar refractivity (Wildman–Crippen MR) is 97.5 cm³/mol. The average Bonchev–Trinajstić information content (AvgIpc) is 3.32. The molecule has 0 spiro atoms. The molecule has 0 saturated heterocycles. The lowest BCUT2D eigenvalue weighted by molar-refractivity contribution is 0.262. The largest absolute Gasteiger partial charge is 0.493 e. The van der Waals surface area contributed by atoms with Gasteiger partial charge in [-0.3, -0.25) is 4.68 Å². The van der Waals surface area contributed by atoms with E-state index in [0.717, 1.165) is 23.4 Å². The second-order valence-corrected chi connectivity index (χ2v) is 6.80. The highest BCUT2D eigenvalue weighted by Crippen LogP contribution is 2.31. The third-order valence-electron chi connectivity index (χ3n) is 5.05. The summed E-state index contributed by atoms with van der Waals surface area (Å²) in [4.78, 5) is 4.47. The fourth-order valence-electron chi connectivity index (χ4n) is 3.72. The Labute approximate surface area is 148 Å². The zero-order chi connectivity index (χ0) is 17.1. The van der Waals surface area contributed by atoms with E-state index < -0.39 is 0 Å². The Kier molecular flexibility index (Phi) is 4.59. The zero-order valence-electron chi connectivity index (χ0n) is 14.4. The maximum Gasteiger partial charge on any atom is 0.189 e. The molecule has 2 heterocycles. The predicted octanol–water partition coefficient (Wildman–Crippen LogP) is 2.93. The summed E-state index contributed by atoms with van der Waals surface area (Å²) in [6.07, 6.45) is 8.03. The van der Waals surface area contributed by atoms with Crippen LogP contribution in [0.15, 0.2) is 41.5 Å². The molecule has 1 atom stereocenters. The Hall–Kier alpha value is -2.50. The van der Waals surface area contributed by atoms with E-state index in [2.05, 4.69) is 32.4 Å². The summed E-state index contributed by atoms with van der Waals surface area (Å²) < 4.78 is 7.78. The molecule has 1 aromatic carbocycles. The highest BCUT2D eigenvalue weighted by atomic mass is 16.5. The molecule has 1 saturated carbocycles. The number of fused-ring (bicyclic) bond motifs is 1. The normalized spacial score (nSPS) is 21.0. The third-order valence-corrected chi connectivity index (χ3v) is 5.05. The van der Waals surface area contributed by atoms with Crippen molar-refractivity contribution in [1.82, 2.24) is 15.1 Å². The van der Waals surface area contributed by atoms with Gasteiger partial charge in [0.15, 0.2) is 5.96 Å². The summed E-state index contributed by atoms with van der Waals surface area (Å²) >= 11 is 0. The van der Waals surface area contributed by atoms with E-state index in [4.69, 9.17) is 10.5 Å². The molecule has 2 aromatic rings. The van der Waals surface area contributed by atoms with Crippen LogP contribution in [0, 0.1) is 0 Å². The smallest absolute Gasteiger partial charge is 0.189 e. The summed E-state index contributed by atoms with van der Waals surface area (Å²) in [6, 6.07) is 10.8. The van der Waals surface area contributed by atoms with Gasteiger partial charge in [0.2, 0.25) is 0 Å². The molecule has 132 valence electrons. The number of benzene rings is 1. The first-order valence-corrected chi connectivity index (χ1v) is 9.12. The number of para-hydroxylation sites is 1. The van der Waals surface area contributed by atoms with Gasteiger partial charge in [0.05, 0.1) is 30.9 Å². The molecule has 3 N–H and O–H groups in total. The Morgan fingerprint density at radius 3 is 2.96 bits per heavy atom. The number of hydrogen-bond acceptors (Lipinski definition) is 3. The Balaban J connectivity index is 1.38. The van der Waals surface area contributed by atoms with Crippen molar-refractivity contribution < 1.29 is 4.74 Å². The Bertz CT molecular complexity index is 748. The van der Waals surface area contributed by atoms with Gasteiger partial charge in [-0.1, -0.05) is 31.0 Å². The van der Waals surface area contributed by atoms with Crippen LogP contribution >= 0.6 is 0 Å². The molecule has 1 unspecified atom stereocenters. The van der Waals surface area contributed by atoms with Gasteiger partial charge in [-0.05, 0) is 25.0 Å². The van der Waals surface area contributed by atoms with Gasteiger partial charge >= 0.3 is 0 Å². The second kappa shape index (κ2) is 7.17. The first-order valence-electron chi connectivity index (χ1n) is 9.12. The molecule has 1 fully saturated rings. The van der Waals surface area contributed by atoms with Gasteiger partial charge in [-0.2, -0.15) is 5.10 Å². The number of aliphatic imine (C=N–C) groups is 1. The van der Waals surface area contributed by atoms with Crippen molar-refractivity contribution in [2.24, 2.45) is 10.7 Å². The summed E-state index contributed by atoms with van der Waals surface area (Å²) in [7, 11) is 0. The molecule has 6 nitrogen and oxygen atoms in total. The number of nitrogens with zero attached hydrogens (tertiary/aromatic N) is 3. The van der Waals surface area contributed by atoms with Crippen molar-refractivity contribution in [2.75, 3.05) is 6.61 Å². The van der Waals surface area contributed by atoms with E-state index >= 15 is 0 Å². The topological polar surface area (TPSA) is 77.5 Å². The molecular weight excluding hydrogens is 314 g/mol. The fourth-order valence-corrected chi connectivity index (χ4v) is 3.72. The van der Waals surface area contributed by atoms with E-state index in [1.165, 1.54) is 25.7 Å². The highest BCUT2D eigenvalue weighted by Gasteiger charge is 2.21. The molecule has 1 aromatic heterocycles. The van der Waals surface area contributed by atoms with E-state index in [9.17, 15) is 0 Å². The third kappa shape index (κ3) is 3.62. The van der Waals surface area contributed by atoms with Crippen LogP contribution in [0.2, 0.25) is 0 Å².